The van der Waals surface area contributed by atoms with Crippen LogP contribution in [-0.4, -0.2) is 23.2 Å². The van der Waals surface area contributed by atoms with Gasteiger partial charge in [-0.25, -0.2) is 9.98 Å². The smallest absolute Gasteiger partial charge is 0.213 e. The number of anilines is 1. The third-order valence-corrected chi connectivity index (χ3v) is 4.32. The lowest BCUT2D eigenvalue weighted by Gasteiger charge is -2.12. The molecule has 6 heteroatoms. The summed E-state index contributed by atoms with van der Waals surface area (Å²) in [4.78, 5) is 8.74. The van der Waals surface area contributed by atoms with Crippen LogP contribution in [0.1, 0.15) is 45.1 Å². The van der Waals surface area contributed by atoms with Crippen LogP contribution in [0.2, 0.25) is 0 Å². The monoisotopic (exact) mass is 368 g/mol. The Labute approximate surface area is 160 Å². The standard InChI is InChI=1S/C21H28N4O2/c1-15(2)26-19-10-8-17(9-11-19)25-21(22)24-14-16-7-12-20(23-13-16)27-18-5-3-4-6-18/h7-13,15,18H,3-6,14H2,1-2H3,(H3,22,24,25). The number of pyridine rings is 1. The number of rotatable bonds is 7. The van der Waals surface area contributed by atoms with E-state index in [9.17, 15) is 0 Å². The normalized spacial score (nSPS) is 15.1. The molecule has 1 aromatic carbocycles. The SMILES string of the molecule is CC(C)Oc1ccc(NC(N)=NCc2ccc(OC3CCCC3)nc2)cc1. The average Bonchev–Trinajstić information content (AvgIpc) is 3.15. The number of hydrogen-bond donors (Lipinski definition) is 2. The minimum absolute atomic E-state index is 0.152. The largest absolute Gasteiger partial charge is 0.491 e. The molecule has 27 heavy (non-hydrogen) atoms. The zero-order chi connectivity index (χ0) is 19.1. The molecule has 1 fully saturated rings. The zero-order valence-electron chi connectivity index (χ0n) is 16.0. The number of nitrogens with zero attached hydrogens (tertiary/aromatic N) is 2. The van der Waals surface area contributed by atoms with Crippen molar-refractivity contribution in [2.75, 3.05) is 5.32 Å². The van der Waals surface area contributed by atoms with Gasteiger partial charge in [-0.15, -0.1) is 0 Å². The summed E-state index contributed by atoms with van der Waals surface area (Å²) in [7, 11) is 0. The first-order valence-electron chi connectivity index (χ1n) is 9.54. The summed E-state index contributed by atoms with van der Waals surface area (Å²) in [5.74, 6) is 1.88. The molecule has 1 aliphatic rings. The molecule has 3 rings (SSSR count). The first-order chi connectivity index (χ1) is 13.1. The first-order valence-corrected chi connectivity index (χ1v) is 9.54. The van der Waals surface area contributed by atoms with Gasteiger partial charge >= 0.3 is 0 Å². The highest BCUT2D eigenvalue weighted by atomic mass is 16.5. The Hall–Kier alpha value is -2.76. The number of ether oxygens (including phenoxy) is 2. The Balaban J connectivity index is 1.49. The van der Waals surface area contributed by atoms with Gasteiger partial charge in [-0.1, -0.05) is 6.07 Å². The first kappa shape index (κ1) is 19.0. The lowest BCUT2D eigenvalue weighted by molar-refractivity contribution is 0.201. The minimum Gasteiger partial charge on any atom is -0.491 e. The molecule has 1 aliphatic carbocycles. The van der Waals surface area contributed by atoms with Crippen LogP contribution >= 0.6 is 0 Å². The van der Waals surface area contributed by atoms with Crippen LogP contribution in [0.4, 0.5) is 5.69 Å². The van der Waals surface area contributed by atoms with E-state index in [1.807, 2.05) is 50.2 Å². The molecule has 1 saturated carbocycles. The van der Waals surface area contributed by atoms with Crippen LogP contribution in [0.3, 0.4) is 0 Å². The van der Waals surface area contributed by atoms with E-state index in [0.717, 1.165) is 29.8 Å². The summed E-state index contributed by atoms with van der Waals surface area (Å²) >= 11 is 0. The number of aliphatic imine (C=N–C) groups is 1. The summed E-state index contributed by atoms with van der Waals surface area (Å²) in [5.41, 5.74) is 7.83. The van der Waals surface area contributed by atoms with E-state index in [1.165, 1.54) is 12.8 Å². The number of nitrogens with one attached hydrogen (secondary N) is 1. The van der Waals surface area contributed by atoms with Crippen LogP contribution in [0.5, 0.6) is 11.6 Å². The van der Waals surface area contributed by atoms with E-state index in [1.54, 1.807) is 6.20 Å². The maximum atomic E-state index is 5.97. The van der Waals surface area contributed by atoms with Crippen LogP contribution in [0.15, 0.2) is 47.6 Å². The molecule has 2 aromatic rings. The molecule has 0 radical (unpaired) electrons. The van der Waals surface area contributed by atoms with Crippen LogP contribution in [0.25, 0.3) is 0 Å². The van der Waals surface area contributed by atoms with E-state index in [2.05, 4.69) is 15.3 Å². The maximum Gasteiger partial charge on any atom is 0.213 e. The van der Waals surface area contributed by atoms with Gasteiger partial charge in [0.1, 0.15) is 11.9 Å². The number of benzene rings is 1. The third-order valence-electron chi connectivity index (χ3n) is 4.32. The van der Waals surface area contributed by atoms with Crippen molar-refractivity contribution in [2.45, 2.75) is 58.3 Å². The Morgan fingerprint density at radius 3 is 2.56 bits per heavy atom. The molecule has 0 unspecified atom stereocenters. The fourth-order valence-electron chi connectivity index (χ4n) is 3.00. The van der Waals surface area contributed by atoms with Crippen LogP contribution in [-0.2, 0) is 6.54 Å². The van der Waals surface area contributed by atoms with E-state index < -0.39 is 0 Å². The molecular weight excluding hydrogens is 340 g/mol. The molecule has 6 nitrogen and oxygen atoms in total. The molecule has 0 aliphatic heterocycles. The molecule has 0 atom stereocenters. The summed E-state index contributed by atoms with van der Waals surface area (Å²) in [6.07, 6.45) is 7.01. The van der Waals surface area contributed by atoms with Gasteiger partial charge in [0.05, 0.1) is 12.6 Å². The Morgan fingerprint density at radius 1 is 1.19 bits per heavy atom. The second-order valence-corrected chi connectivity index (χ2v) is 7.05. The molecule has 1 aromatic heterocycles. The molecule has 0 bridgehead atoms. The topological polar surface area (TPSA) is 81.8 Å². The van der Waals surface area contributed by atoms with Gasteiger partial charge in [-0.2, -0.15) is 0 Å². The third kappa shape index (κ3) is 6.16. The van der Waals surface area contributed by atoms with Crippen molar-refractivity contribution in [1.82, 2.24) is 4.98 Å². The molecular formula is C21H28N4O2. The van der Waals surface area contributed by atoms with Crippen molar-refractivity contribution >= 4 is 11.6 Å². The summed E-state index contributed by atoms with van der Waals surface area (Å²) in [6, 6.07) is 11.5. The second-order valence-electron chi connectivity index (χ2n) is 7.05. The fraction of sp³-hybridized carbons (Fsp3) is 0.429. The summed E-state index contributed by atoms with van der Waals surface area (Å²) in [5, 5.41) is 3.08. The highest BCUT2D eigenvalue weighted by Gasteiger charge is 2.16. The van der Waals surface area contributed by atoms with E-state index in [-0.39, 0.29) is 6.10 Å². The minimum atomic E-state index is 0.152. The lowest BCUT2D eigenvalue weighted by Crippen LogP contribution is -2.22. The van der Waals surface area contributed by atoms with Crippen LogP contribution < -0.4 is 20.5 Å². The Bertz CT molecular complexity index is 736. The van der Waals surface area contributed by atoms with Gasteiger partial charge in [0.25, 0.3) is 0 Å². The van der Waals surface area contributed by atoms with Gasteiger partial charge in [0.2, 0.25) is 5.88 Å². The lowest BCUT2D eigenvalue weighted by atomic mass is 10.3. The van der Waals surface area contributed by atoms with Crippen molar-refractivity contribution in [2.24, 2.45) is 10.7 Å². The Morgan fingerprint density at radius 2 is 1.93 bits per heavy atom. The van der Waals surface area contributed by atoms with Crippen molar-refractivity contribution < 1.29 is 9.47 Å². The van der Waals surface area contributed by atoms with E-state index >= 15 is 0 Å². The van der Waals surface area contributed by atoms with E-state index in [0.29, 0.717) is 24.5 Å². The number of aromatic nitrogens is 1. The van der Waals surface area contributed by atoms with E-state index in [4.69, 9.17) is 15.2 Å². The highest BCUT2D eigenvalue weighted by Crippen LogP contribution is 2.23. The zero-order valence-corrected chi connectivity index (χ0v) is 16.0. The van der Waals surface area contributed by atoms with Gasteiger partial charge < -0.3 is 20.5 Å². The van der Waals surface area contributed by atoms with Gasteiger partial charge in [-0.05, 0) is 69.4 Å². The molecule has 0 amide bonds. The maximum absolute atomic E-state index is 5.97. The molecule has 0 spiro atoms. The molecule has 144 valence electrons. The summed E-state index contributed by atoms with van der Waals surface area (Å²) in [6.45, 7) is 4.46. The predicted octanol–water partition coefficient (Wildman–Crippen LogP) is 4.12. The molecule has 3 N–H and O–H groups in total. The quantitative estimate of drug-likeness (QED) is 0.567. The number of nitrogens with two attached hydrogens (primary N) is 1. The predicted molar refractivity (Wildman–Crippen MR) is 108 cm³/mol. The molecule has 1 heterocycles. The highest BCUT2D eigenvalue weighted by molar-refractivity contribution is 5.92. The summed E-state index contributed by atoms with van der Waals surface area (Å²) < 4.78 is 11.5. The van der Waals surface area contributed by atoms with Crippen molar-refractivity contribution in [3.05, 3.63) is 48.2 Å². The van der Waals surface area contributed by atoms with Crippen LogP contribution in [0, 0.1) is 0 Å². The van der Waals surface area contributed by atoms with Crippen molar-refractivity contribution in [3.63, 3.8) is 0 Å². The fourth-order valence-corrected chi connectivity index (χ4v) is 3.00. The van der Waals surface area contributed by atoms with Gasteiger partial charge in [0.15, 0.2) is 5.96 Å². The number of guanidine groups is 1. The Kier molecular flexibility index (Phi) is 6.52. The average molecular weight is 368 g/mol. The number of hydrogen-bond acceptors (Lipinski definition) is 4. The van der Waals surface area contributed by atoms with Gasteiger partial charge in [-0.3, -0.25) is 0 Å². The van der Waals surface area contributed by atoms with Crippen molar-refractivity contribution in [1.29, 1.82) is 0 Å². The van der Waals surface area contributed by atoms with Crippen molar-refractivity contribution in [3.8, 4) is 11.6 Å². The second kappa shape index (κ2) is 9.26. The molecule has 0 saturated heterocycles. The van der Waals surface area contributed by atoms with Gasteiger partial charge in [0, 0.05) is 18.0 Å².